The lowest BCUT2D eigenvalue weighted by Crippen LogP contribution is -2.16. The zero-order valence-electron chi connectivity index (χ0n) is 9.90. The fourth-order valence-electron chi connectivity index (χ4n) is 1.55. The van der Waals surface area contributed by atoms with Gasteiger partial charge in [-0.25, -0.2) is 8.78 Å². The van der Waals surface area contributed by atoms with Crippen LogP contribution in [0.3, 0.4) is 0 Å². The molecule has 0 saturated carbocycles. The number of rotatable bonds is 6. The molecule has 0 N–H and O–H groups in total. The summed E-state index contributed by atoms with van der Waals surface area (Å²) in [6, 6.07) is 1.58. The average molecular weight is 246 g/mol. The molecule has 0 fully saturated rings. The summed E-state index contributed by atoms with van der Waals surface area (Å²) in [5, 5.41) is 3.96. The molecule has 1 unspecified atom stereocenters. The second-order valence-corrected chi connectivity index (χ2v) is 3.57. The highest BCUT2D eigenvalue weighted by Crippen LogP contribution is 2.19. The summed E-state index contributed by atoms with van der Waals surface area (Å²) in [5.41, 5.74) is 0.478. The summed E-state index contributed by atoms with van der Waals surface area (Å²) in [7, 11) is 0. The maximum Gasteiger partial charge on any atom is 0.315 e. The van der Waals surface area contributed by atoms with Crippen LogP contribution in [-0.2, 0) is 16.1 Å². The molecule has 0 aromatic carbocycles. The van der Waals surface area contributed by atoms with Crippen LogP contribution in [0.25, 0.3) is 0 Å². The van der Waals surface area contributed by atoms with E-state index in [1.807, 2.05) is 6.92 Å². The van der Waals surface area contributed by atoms with E-state index in [1.54, 1.807) is 13.0 Å². The third kappa shape index (κ3) is 3.80. The van der Waals surface area contributed by atoms with Crippen LogP contribution in [0.4, 0.5) is 8.78 Å². The minimum Gasteiger partial charge on any atom is -0.465 e. The standard InChI is InChI=1S/C11H16F2N2O2/c1-3-8(11(16)17-4-2)9-5-6-15(14-9)7-10(12)13/h5-6,8,10H,3-4,7H2,1-2H3. The van der Waals surface area contributed by atoms with Crippen molar-refractivity contribution in [3.05, 3.63) is 18.0 Å². The monoisotopic (exact) mass is 246 g/mol. The van der Waals surface area contributed by atoms with E-state index in [2.05, 4.69) is 5.10 Å². The van der Waals surface area contributed by atoms with Gasteiger partial charge >= 0.3 is 5.97 Å². The number of esters is 1. The molecule has 0 spiro atoms. The van der Waals surface area contributed by atoms with E-state index in [0.29, 0.717) is 18.7 Å². The Hall–Kier alpha value is -1.46. The first-order chi connectivity index (χ1) is 8.08. The lowest BCUT2D eigenvalue weighted by Gasteiger charge is -2.10. The Labute approximate surface area is 98.6 Å². The van der Waals surface area contributed by atoms with Gasteiger partial charge in [-0.1, -0.05) is 6.92 Å². The predicted octanol–water partition coefficient (Wildman–Crippen LogP) is 2.20. The topological polar surface area (TPSA) is 44.1 Å². The van der Waals surface area contributed by atoms with Gasteiger partial charge in [-0.2, -0.15) is 5.10 Å². The maximum absolute atomic E-state index is 12.1. The van der Waals surface area contributed by atoms with Gasteiger partial charge in [-0.15, -0.1) is 0 Å². The van der Waals surface area contributed by atoms with Gasteiger partial charge in [-0.3, -0.25) is 9.48 Å². The molecule has 96 valence electrons. The van der Waals surface area contributed by atoms with Gasteiger partial charge in [0.2, 0.25) is 0 Å². The molecule has 1 rings (SSSR count). The quantitative estimate of drug-likeness (QED) is 0.723. The highest BCUT2D eigenvalue weighted by atomic mass is 19.3. The molecular weight excluding hydrogens is 230 g/mol. The minimum absolute atomic E-state index is 0.299. The Morgan fingerprint density at radius 3 is 2.76 bits per heavy atom. The van der Waals surface area contributed by atoms with Crippen LogP contribution in [0, 0.1) is 0 Å². The van der Waals surface area contributed by atoms with E-state index >= 15 is 0 Å². The van der Waals surface area contributed by atoms with Crippen LogP contribution in [0.1, 0.15) is 31.9 Å². The number of alkyl halides is 2. The predicted molar refractivity (Wildman–Crippen MR) is 57.9 cm³/mol. The number of aromatic nitrogens is 2. The number of hydrogen-bond donors (Lipinski definition) is 0. The summed E-state index contributed by atoms with van der Waals surface area (Å²) in [6.45, 7) is 3.39. The number of halogens is 2. The van der Waals surface area contributed by atoms with E-state index in [4.69, 9.17) is 4.74 Å². The van der Waals surface area contributed by atoms with Gasteiger partial charge in [0, 0.05) is 6.20 Å². The number of hydrogen-bond acceptors (Lipinski definition) is 3. The highest BCUT2D eigenvalue weighted by Gasteiger charge is 2.22. The molecule has 0 aliphatic heterocycles. The summed E-state index contributed by atoms with van der Waals surface area (Å²) in [5.74, 6) is -0.842. The number of carbonyl (C=O) groups excluding carboxylic acids is 1. The first-order valence-corrected chi connectivity index (χ1v) is 5.56. The van der Waals surface area contributed by atoms with Gasteiger partial charge in [0.05, 0.1) is 12.3 Å². The molecule has 1 aromatic rings. The third-order valence-corrected chi connectivity index (χ3v) is 2.32. The van der Waals surface area contributed by atoms with E-state index in [-0.39, 0.29) is 5.97 Å². The number of nitrogens with zero attached hydrogens (tertiary/aromatic N) is 2. The van der Waals surface area contributed by atoms with Crippen LogP contribution in [0.15, 0.2) is 12.3 Å². The van der Waals surface area contributed by atoms with Crippen molar-refractivity contribution >= 4 is 5.97 Å². The van der Waals surface area contributed by atoms with Gasteiger partial charge in [-0.05, 0) is 19.4 Å². The van der Waals surface area contributed by atoms with Crippen molar-refractivity contribution in [2.45, 2.75) is 39.2 Å². The zero-order valence-corrected chi connectivity index (χ0v) is 9.90. The molecule has 1 heterocycles. The van der Waals surface area contributed by atoms with E-state index in [1.165, 1.54) is 6.20 Å². The van der Waals surface area contributed by atoms with Crippen molar-refractivity contribution in [1.29, 1.82) is 0 Å². The molecule has 0 amide bonds. The summed E-state index contributed by atoms with van der Waals surface area (Å²) in [6.07, 6.45) is -0.473. The second-order valence-electron chi connectivity index (χ2n) is 3.57. The van der Waals surface area contributed by atoms with Crippen LogP contribution < -0.4 is 0 Å². The average Bonchev–Trinajstić information content (AvgIpc) is 2.67. The summed E-state index contributed by atoms with van der Waals surface area (Å²) >= 11 is 0. The van der Waals surface area contributed by atoms with Crippen molar-refractivity contribution in [3.8, 4) is 0 Å². The number of carbonyl (C=O) groups is 1. The van der Waals surface area contributed by atoms with Crippen LogP contribution in [-0.4, -0.2) is 28.8 Å². The van der Waals surface area contributed by atoms with E-state index < -0.39 is 18.9 Å². The van der Waals surface area contributed by atoms with Gasteiger partial charge in [0.15, 0.2) is 0 Å². The molecule has 4 nitrogen and oxygen atoms in total. The van der Waals surface area contributed by atoms with Crippen molar-refractivity contribution in [2.75, 3.05) is 6.61 Å². The van der Waals surface area contributed by atoms with Gasteiger partial charge in [0.25, 0.3) is 6.43 Å². The van der Waals surface area contributed by atoms with E-state index in [0.717, 1.165) is 4.68 Å². The molecule has 0 bridgehead atoms. The largest absolute Gasteiger partial charge is 0.465 e. The lowest BCUT2D eigenvalue weighted by molar-refractivity contribution is -0.145. The molecular formula is C11H16F2N2O2. The second kappa shape index (κ2) is 6.32. The van der Waals surface area contributed by atoms with Gasteiger partial charge < -0.3 is 4.74 Å². The molecule has 0 aliphatic rings. The summed E-state index contributed by atoms with van der Waals surface area (Å²) < 4.78 is 30.3. The van der Waals surface area contributed by atoms with Crippen molar-refractivity contribution in [1.82, 2.24) is 9.78 Å². The van der Waals surface area contributed by atoms with Crippen molar-refractivity contribution < 1.29 is 18.3 Å². The van der Waals surface area contributed by atoms with Crippen LogP contribution in [0.5, 0.6) is 0 Å². The normalized spacial score (nSPS) is 12.8. The third-order valence-electron chi connectivity index (χ3n) is 2.32. The first-order valence-electron chi connectivity index (χ1n) is 5.56. The molecule has 1 atom stereocenters. The molecule has 1 aromatic heterocycles. The Morgan fingerprint density at radius 1 is 1.53 bits per heavy atom. The Bertz CT molecular complexity index is 366. The fraction of sp³-hybridized carbons (Fsp3) is 0.636. The smallest absolute Gasteiger partial charge is 0.315 e. The first kappa shape index (κ1) is 13.6. The van der Waals surface area contributed by atoms with Crippen LogP contribution in [0.2, 0.25) is 0 Å². The molecule has 6 heteroatoms. The fourth-order valence-corrected chi connectivity index (χ4v) is 1.55. The number of ether oxygens (including phenoxy) is 1. The minimum atomic E-state index is -2.45. The van der Waals surface area contributed by atoms with Crippen molar-refractivity contribution in [2.24, 2.45) is 0 Å². The SMILES string of the molecule is CCOC(=O)C(CC)c1ccn(CC(F)F)n1. The molecule has 0 aliphatic carbocycles. The van der Waals surface area contributed by atoms with Crippen LogP contribution >= 0.6 is 0 Å². The Morgan fingerprint density at radius 2 is 2.24 bits per heavy atom. The van der Waals surface area contributed by atoms with E-state index in [9.17, 15) is 13.6 Å². The highest BCUT2D eigenvalue weighted by molar-refractivity contribution is 5.77. The maximum atomic E-state index is 12.1. The Kier molecular flexibility index (Phi) is 5.06. The zero-order chi connectivity index (χ0) is 12.8. The molecule has 0 saturated heterocycles. The Balaban J connectivity index is 2.75. The van der Waals surface area contributed by atoms with Gasteiger partial charge in [0.1, 0.15) is 12.5 Å². The molecule has 17 heavy (non-hydrogen) atoms. The van der Waals surface area contributed by atoms with Crippen molar-refractivity contribution in [3.63, 3.8) is 0 Å². The lowest BCUT2D eigenvalue weighted by atomic mass is 10.0. The molecule has 0 radical (unpaired) electrons. The summed E-state index contributed by atoms with van der Waals surface area (Å²) in [4.78, 5) is 11.6.